The SMILES string of the molecule is COc1cc(/C=C2/SC(=Nc3ccc(C)cc3)N(c3ccc(C)cc3)C2=O)ccc1OCc1ccc(Cl)c(Cl)c1. The van der Waals surface area contributed by atoms with Gasteiger partial charge in [0.25, 0.3) is 5.91 Å². The summed E-state index contributed by atoms with van der Waals surface area (Å²) in [6.45, 7) is 4.34. The van der Waals surface area contributed by atoms with Crippen LogP contribution in [0.1, 0.15) is 22.3 Å². The Labute approximate surface area is 248 Å². The van der Waals surface area contributed by atoms with Crippen molar-refractivity contribution < 1.29 is 14.3 Å². The van der Waals surface area contributed by atoms with E-state index >= 15 is 0 Å². The molecule has 0 aliphatic carbocycles. The van der Waals surface area contributed by atoms with Crippen LogP contribution in [0.5, 0.6) is 11.5 Å². The molecular formula is C32H26Cl2N2O3S. The zero-order valence-corrected chi connectivity index (χ0v) is 24.5. The first-order chi connectivity index (χ1) is 19.3. The summed E-state index contributed by atoms with van der Waals surface area (Å²) in [5, 5.41) is 1.56. The topological polar surface area (TPSA) is 51.1 Å². The van der Waals surface area contributed by atoms with E-state index in [2.05, 4.69) is 0 Å². The zero-order valence-electron chi connectivity index (χ0n) is 22.2. The van der Waals surface area contributed by atoms with Gasteiger partial charge in [-0.15, -0.1) is 0 Å². The second kappa shape index (κ2) is 12.2. The van der Waals surface area contributed by atoms with Crippen molar-refractivity contribution in [3.05, 3.63) is 122 Å². The van der Waals surface area contributed by atoms with Crippen molar-refractivity contribution in [1.29, 1.82) is 0 Å². The molecule has 1 aliphatic rings. The average molecular weight is 590 g/mol. The van der Waals surface area contributed by atoms with Crippen molar-refractivity contribution in [3.63, 3.8) is 0 Å². The number of amides is 1. The smallest absolute Gasteiger partial charge is 0.271 e. The molecule has 1 aliphatic heterocycles. The largest absolute Gasteiger partial charge is 0.493 e. The molecule has 0 unspecified atom stereocenters. The van der Waals surface area contributed by atoms with E-state index in [1.807, 2.05) is 92.7 Å². The van der Waals surface area contributed by atoms with E-state index in [0.29, 0.717) is 38.2 Å². The quantitative estimate of drug-likeness (QED) is 0.202. The lowest BCUT2D eigenvalue weighted by Crippen LogP contribution is -2.28. The fourth-order valence-corrected chi connectivity index (χ4v) is 5.36. The van der Waals surface area contributed by atoms with Gasteiger partial charge in [-0.25, -0.2) is 4.99 Å². The van der Waals surface area contributed by atoms with Gasteiger partial charge in [0, 0.05) is 0 Å². The summed E-state index contributed by atoms with van der Waals surface area (Å²) in [5.74, 6) is 0.983. The summed E-state index contributed by atoms with van der Waals surface area (Å²) in [5.41, 5.74) is 5.49. The van der Waals surface area contributed by atoms with Gasteiger partial charge in [-0.1, -0.05) is 70.7 Å². The number of nitrogens with zero attached hydrogens (tertiary/aromatic N) is 2. The Bertz CT molecular complexity index is 1620. The van der Waals surface area contributed by atoms with E-state index in [9.17, 15) is 4.79 Å². The van der Waals surface area contributed by atoms with E-state index in [1.165, 1.54) is 11.8 Å². The predicted molar refractivity (Wildman–Crippen MR) is 166 cm³/mol. The summed E-state index contributed by atoms with van der Waals surface area (Å²) >= 11 is 13.5. The molecule has 1 saturated heterocycles. The molecule has 1 heterocycles. The second-order valence-electron chi connectivity index (χ2n) is 9.26. The molecule has 40 heavy (non-hydrogen) atoms. The van der Waals surface area contributed by atoms with Crippen LogP contribution in [-0.2, 0) is 11.4 Å². The monoisotopic (exact) mass is 588 g/mol. The number of halogens is 2. The maximum absolute atomic E-state index is 13.7. The van der Waals surface area contributed by atoms with Gasteiger partial charge in [0.2, 0.25) is 0 Å². The Hall–Kier alpha value is -3.71. The first-order valence-electron chi connectivity index (χ1n) is 12.5. The lowest BCUT2D eigenvalue weighted by Gasteiger charge is -2.16. The number of rotatable bonds is 7. The predicted octanol–water partition coefficient (Wildman–Crippen LogP) is 9.01. The van der Waals surface area contributed by atoms with Crippen molar-refractivity contribution in [2.24, 2.45) is 4.99 Å². The summed E-state index contributed by atoms with van der Waals surface area (Å²) in [4.78, 5) is 20.7. The highest BCUT2D eigenvalue weighted by Crippen LogP contribution is 2.38. The lowest BCUT2D eigenvalue weighted by atomic mass is 10.1. The minimum Gasteiger partial charge on any atom is -0.493 e. The number of anilines is 1. The van der Waals surface area contributed by atoms with Gasteiger partial charge < -0.3 is 9.47 Å². The highest BCUT2D eigenvalue weighted by Gasteiger charge is 2.34. The number of benzene rings is 4. The van der Waals surface area contributed by atoms with Crippen molar-refractivity contribution in [2.75, 3.05) is 12.0 Å². The third kappa shape index (κ3) is 6.36. The summed E-state index contributed by atoms with van der Waals surface area (Å²) in [6.07, 6.45) is 1.84. The number of amidine groups is 1. The van der Waals surface area contributed by atoms with Crippen molar-refractivity contribution in [2.45, 2.75) is 20.5 Å². The van der Waals surface area contributed by atoms with E-state index in [-0.39, 0.29) is 5.91 Å². The number of aliphatic imine (C=N–C) groups is 1. The van der Waals surface area contributed by atoms with E-state index in [4.69, 9.17) is 37.7 Å². The molecule has 0 N–H and O–H groups in total. The van der Waals surface area contributed by atoms with Gasteiger partial charge in [0.05, 0.1) is 33.4 Å². The van der Waals surface area contributed by atoms with Crippen molar-refractivity contribution >= 4 is 63.5 Å². The molecule has 4 aromatic rings. The van der Waals surface area contributed by atoms with Crippen LogP contribution < -0.4 is 14.4 Å². The van der Waals surface area contributed by atoms with Gasteiger partial charge in [0.15, 0.2) is 16.7 Å². The highest BCUT2D eigenvalue weighted by atomic mass is 35.5. The van der Waals surface area contributed by atoms with Crippen molar-refractivity contribution in [1.82, 2.24) is 0 Å². The molecule has 5 rings (SSSR count). The Morgan fingerprint density at radius 2 is 1.55 bits per heavy atom. The third-order valence-electron chi connectivity index (χ3n) is 6.22. The Morgan fingerprint density at radius 3 is 2.23 bits per heavy atom. The van der Waals surface area contributed by atoms with Crippen LogP contribution in [0.3, 0.4) is 0 Å². The highest BCUT2D eigenvalue weighted by molar-refractivity contribution is 8.19. The second-order valence-corrected chi connectivity index (χ2v) is 11.1. The minimum absolute atomic E-state index is 0.140. The number of thioether (sulfide) groups is 1. The standard InChI is InChI=1S/C32H26Cl2N2O3S/c1-20-4-10-24(11-5-20)35-32-36(25-12-6-21(2)7-13-25)31(37)30(40-32)18-22-9-15-28(29(17-22)38-3)39-19-23-8-14-26(33)27(34)16-23/h4-18H,19H2,1-3H3/b30-18+,35-32?. The Kier molecular flexibility index (Phi) is 8.50. The number of aryl methyl sites for hydroxylation is 2. The molecule has 8 heteroatoms. The van der Waals surface area contributed by atoms with Gasteiger partial charge in [-0.3, -0.25) is 9.69 Å². The van der Waals surface area contributed by atoms with Crippen LogP contribution in [-0.4, -0.2) is 18.2 Å². The fourth-order valence-electron chi connectivity index (χ4n) is 4.04. The normalized spacial score (nSPS) is 15.2. The van der Waals surface area contributed by atoms with Crippen LogP contribution in [0, 0.1) is 13.8 Å². The number of ether oxygens (including phenoxy) is 2. The third-order valence-corrected chi connectivity index (χ3v) is 7.93. The fraction of sp³-hybridized carbons (Fsp3) is 0.125. The molecule has 0 bridgehead atoms. The number of carbonyl (C=O) groups is 1. The summed E-state index contributed by atoms with van der Waals surface area (Å²) in [7, 11) is 1.58. The van der Waals surface area contributed by atoms with Gasteiger partial charge in [0.1, 0.15) is 6.61 Å². The summed E-state index contributed by atoms with van der Waals surface area (Å²) in [6, 6.07) is 26.7. The molecule has 0 atom stereocenters. The minimum atomic E-state index is -0.140. The lowest BCUT2D eigenvalue weighted by molar-refractivity contribution is -0.113. The zero-order chi connectivity index (χ0) is 28.2. The molecule has 0 spiro atoms. The molecule has 4 aromatic carbocycles. The van der Waals surface area contributed by atoms with Gasteiger partial charge >= 0.3 is 0 Å². The van der Waals surface area contributed by atoms with Crippen LogP contribution in [0.2, 0.25) is 10.0 Å². The van der Waals surface area contributed by atoms with Crippen LogP contribution in [0.15, 0.2) is 94.8 Å². The number of hydrogen-bond acceptors (Lipinski definition) is 5. The van der Waals surface area contributed by atoms with Crippen molar-refractivity contribution in [3.8, 4) is 11.5 Å². The molecule has 0 radical (unpaired) electrons. The summed E-state index contributed by atoms with van der Waals surface area (Å²) < 4.78 is 11.6. The Balaban J connectivity index is 1.43. The van der Waals surface area contributed by atoms with Crippen LogP contribution in [0.25, 0.3) is 6.08 Å². The molecule has 1 amide bonds. The van der Waals surface area contributed by atoms with E-state index in [0.717, 1.165) is 33.6 Å². The first-order valence-corrected chi connectivity index (χ1v) is 14.1. The first kappa shape index (κ1) is 27.8. The molecule has 0 saturated carbocycles. The Morgan fingerprint density at radius 1 is 0.850 bits per heavy atom. The van der Waals surface area contributed by atoms with Gasteiger partial charge in [-0.2, -0.15) is 0 Å². The van der Waals surface area contributed by atoms with Crippen LogP contribution in [0.4, 0.5) is 11.4 Å². The number of methoxy groups -OCH3 is 1. The average Bonchev–Trinajstić information content (AvgIpc) is 3.25. The van der Waals surface area contributed by atoms with E-state index in [1.54, 1.807) is 24.1 Å². The van der Waals surface area contributed by atoms with E-state index < -0.39 is 0 Å². The van der Waals surface area contributed by atoms with Gasteiger partial charge in [-0.05, 0) is 91.3 Å². The maximum atomic E-state index is 13.7. The molecular weight excluding hydrogens is 563 g/mol. The molecule has 202 valence electrons. The number of hydrogen-bond donors (Lipinski definition) is 0. The number of carbonyl (C=O) groups excluding carboxylic acids is 1. The molecule has 5 nitrogen and oxygen atoms in total. The van der Waals surface area contributed by atoms with Crippen LogP contribution >= 0.6 is 35.0 Å². The molecule has 1 fully saturated rings. The maximum Gasteiger partial charge on any atom is 0.271 e. The molecule has 0 aromatic heterocycles.